The fourth-order valence-corrected chi connectivity index (χ4v) is 2.93. The largest absolute Gasteiger partial charge is 0.332 e. The van der Waals surface area contributed by atoms with Gasteiger partial charge in [-0.2, -0.15) is 0 Å². The van der Waals surface area contributed by atoms with Crippen LogP contribution in [-0.4, -0.2) is 15.9 Å². The first-order chi connectivity index (χ1) is 13.5. The molecule has 0 radical (unpaired) electrons. The minimum atomic E-state index is -0.462. The standard InChI is InChI=1S/C21H17N3O3S/c1-14-18(8-5-9-19(14)24(26)27)22-21(28)23-20(25)17-12-10-16(11-13-17)15-6-3-2-4-7-15/h2-13H,1H3,(H2,22,23,25,28). The van der Waals surface area contributed by atoms with Crippen molar-refractivity contribution in [2.45, 2.75) is 6.92 Å². The fourth-order valence-electron chi connectivity index (χ4n) is 2.73. The van der Waals surface area contributed by atoms with Gasteiger partial charge in [-0.05, 0) is 48.5 Å². The van der Waals surface area contributed by atoms with Crippen molar-refractivity contribution >= 4 is 34.6 Å². The average molecular weight is 391 g/mol. The van der Waals surface area contributed by atoms with Crippen LogP contribution in [-0.2, 0) is 0 Å². The molecule has 2 N–H and O–H groups in total. The number of rotatable bonds is 4. The number of amides is 1. The highest BCUT2D eigenvalue weighted by Crippen LogP contribution is 2.25. The molecule has 0 saturated carbocycles. The number of nitro groups is 1. The van der Waals surface area contributed by atoms with Crippen LogP contribution in [0.15, 0.2) is 72.8 Å². The van der Waals surface area contributed by atoms with E-state index in [1.165, 1.54) is 6.07 Å². The molecule has 140 valence electrons. The minimum absolute atomic E-state index is 0.0179. The first-order valence-corrected chi connectivity index (χ1v) is 8.88. The number of carbonyl (C=O) groups excluding carboxylic acids is 1. The van der Waals surface area contributed by atoms with Gasteiger partial charge in [0.05, 0.1) is 16.2 Å². The fraction of sp³-hybridized carbons (Fsp3) is 0.0476. The number of hydrogen-bond acceptors (Lipinski definition) is 4. The Hall–Kier alpha value is -3.58. The molecule has 3 rings (SSSR count). The lowest BCUT2D eigenvalue weighted by Crippen LogP contribution is -2.34. The predicted octanol–water partition coefficient (Wildman–Crippen LogP) is 4.70. The van der Waals surface area contributed by atoms with Gasteiger partial charge in [0.15, 0.2) is 5.11 Å². The number of anilines is 1. The summed E-state index contributed by atoms with van der Waals surface area (Å²) in [6.07, 6.45) is 0. The number of nitrogens with zero attached hydrogens (tertiary/aromatic N) is 1. The summed E-state index contributed by atoms with van der Waals surface area (Å²) in [7, 11) is 0. The molecule has 3 aromatic carbocycles. The van der Waals surface area contributed by atoms with Gasteiger partial charge in [0, 0.05) is 11.6 Å². The molecule has 0 bridgehead atoms. The van der Waals surface area contributed by atoms with Crippen molar-refractivity contribution in [2.24, 2.45) is 0 Å². The van der Waals surface area contributed by atoms with E-state index in [-0.39, 0.29) is 16.7 Å². The highest BCUT2D eigenvalue weighted by Gasteiger charge is 2.15. The molecule has 6 nitrogen and oxygen atoms in total. The SMILES string of the molecule is Cc1c(NC(=S)NC(=O)c2ccc(-c3ccccc3)cc2)cccc1[N+](=O)[O-]. The van der Waals surface area contributed by atoms with Crippen LogP contribution in [0.1, 0.15) is 15.9 Å². The van der Waals surface area contributed by atoms with Gasteiger partial charge in [-0.3, -0.25) is 20.2 Å². The second-order valence-electron chi connectivity index (χ2n) is 6.06. The monoisotopic (exact) mass is 391 g/mol. The molecule has 0 fully saturated rings. The van der Waals surface area contributed by atoms with Crippen molar-refractivity contribution < 1.29 is 9.72 Å². The van der Waals surface area contributed by atoms with Crippen LogP contribution in [0.25, 0.3) is 11.1 Å². The Kier molecular flexibility index (Phi) is 5.76. The zero-order chi connectivity index (χ0) is 20.1. The Morgan fingerprint density at radius 1 is 0.929 bits per heavy atom. The molecule has 0 unspecified atom stereocenters. The van der Waals surface area contributed by atoms with Crippen LogP contribution in [0.2, 0.25) is 0 Å². The highest BCUT2D eigenvalue weighted by molar-refractivity contribution is 7.80. The number of benzene rings is 3. The van der Waals surface area contributed by atoms with Gasteiger partial charge < -0.3 is 5.32 Å². The van der Waals surface area contributed by atoms with E-state index in [4.69, 9.17) is 12.2 Å². The van der Waals surface area contributed by atoms with Crippen LogP contribution in [0.3, 0.4) is 0 Å². The van der Waals surface area contributed by atoms with Gasteiger partial charge in [-0.15, -0.1) is 0 Å². The Balaban J connectivity index is 1.67. The third-order valence-electron chi connectivity index (χ3n) is 4.23. The van der Waals surface area contributed by atoms with Crippen molar-refractivity contribution in [2.75, 3.05) is 5.32 Å². The van der Waals surface area contributed by atoms with Gasteiger partial charge in [0.25, 0.3) is 11.6 Å². The molecule has 0 heterocycles. The molecule has 28 heavy (non-hydrogen) atoms. The molecule has 0 aromatic heterocycles. The first kappa shape index (κ1) is 19.2. The molecule has 0 aliphatic carbocycles. The van der Waals surface area contributed by atoms with Crippen LogP contribution < -0.4 is 10.6 Å². The second-order valence-corrected chi connectivity index (χ2v) is 6.47. The third-order valence-corrected chi connectivity index (χ3v) is 4.44. The van der Waals surface area contributed by atoms with Crippen LogP contribution >= 0.6 is 12.2 Å². The van der Waals surface area contributed by atoms with E-state index in [1.54, 1.807) is 31.2 Å². The summed E-state index contributed by atoms with van der Waals surface area (Å²) in [5.41, 5.74) is 3.42. The van der Waals surface area contributed by atoms with Gasteiger partial charge >= 0.3 is 0 Å². The Bertz CT molecular complexity index is 1030. The van der Waals surface area contributed by atoms with Gasteiger partial charge in [0.1, 0.15) is 0 Å². The van der Waals surface area contributed by atoms with E-state index in [1.807, 2.05) is 42.5 Å². The second kappa shape index (κ2) is 8.41. The topological polar surface area (TPSA) is 84.3 Å². The van der Waals surface area contributed by atoms with Crippen LogP contribution in [0.4, 0.5) is 11.4 Å². The van der Waals surface area contributed by atoms with Crippen molar-refractivity contribution in [3.05, 3.63) is 94.0 Å². The molecule has 0 aliphatic rings. The Morgan fingerprint density at radius 3 is 2.21 bits per heavy atom. The number of nitro benzene ring substituents is 1. The number of nitrogens with one attached hydrogen (secondary N) is 2. The summed E-state index contributed by atoms with van der Waals surface area (Å²) < 4.78 is 0. The smallest absolute Gasteiger partial charge is 0.274 e. The van der Waals surface area contributed by atoms with Crippen molar-refractivity contribution in [3.8, 4) is 11.1 Å². The first-order valence-electron chi connectivity index (χ1n) is 8.47. The third kappa shape index (κ3) is 4.39. The Morgan fingerprint density at radius 2 is 1.57 bits per heavy atom. The van der Waals surface area contributed by atoms with Crippen molar-refractivity contribution in [3.63, 3.8) is 0 Å². The maximum absolute atomic E-state index is 12.4. The molecule has 1 amide bonds. The lowest BCUT2D eigenvalue weighted by molar-refractivity contribution is -0.385. The molecular weight excluding hydrogens is 374 g/mol. The number of hydrogen-bond donors (Lipinski definition) is 2. The maximum Gasteiger partial charge on any atom is 0.274 e. The number of thiocarbonyl (C=S) groups is 1. The van der Waals surface area contributed by atoms with Crippen molar-refractivity contribution in [1.82, 2.24) is 5.32 Å². The minimum Gasteiger partial charge on any atom is -0.332 e. The molecular formula is C21H17N3O3S. The van der Waals surface area contributed by atoms with Gasteiger partial charge in [0.2, 0.25) is 0 Å². The summed E-state index contributed by atoms with van der Waals surface area (Å²) in [5.74, 6) is -0.361. The van der Waals surface area contributed by atoms with Crippen LogP contribution in [0.5, 0.6) is 0 Å². The summed E-state index contributed by atoms with van der Waals surface area (Å²) in [6, 6.07) is 21.7. The summed E-state index contributed by atoms with van der Waals surface area (Å²) >= 11 is 5.17. The molecule has 0 aliphatic heterocycles. The predicted molar refractivity (Wildman–Crippen MR) is 113 cm³/mol. The zero-order valence-electron chi connectivity index (χ0n) is 15.0. The summed E-state index contributed by atoms with van der Waals surface area (Å²) in [4.78, 5) is 23.0. The zero-order valence-corrected chi connectivity index (χ0v) is 15.8. The van der Waals surface area contributed by atoms with E-state index in [2.05, 4.69) is 10.6 Å². The number of carbonyl (C=O) groups is 1. The normalized spacial score (nSPS) is 10.2. The van der Waals surface area contributed by atoms with E-state index in [9.17, 15) is 14.9 Å². The van der Waals surface area contributed by atoms with E-state index in [0.717, 1.165) is 11.1 Å². The maximum atomic E-state index is 12.4. The van der Waals surface area contributed by atoms with E-state index in [0.29, 0.717) is 16.8 Å². The highest BCUT2D eigenvalue weighted by atomic mass is 32.1. The molecule has 0 atom stereocenters. The lowest BCUT2D eigenvalue weighted by Gasteiger charge is -2.12. The van der Waals surface area contributed by atoms with Gasteiger partial charge in [-0.1, -0.05) is 48.5 Å². The quantitative estimate of drug-likeness (QED) is 0.383. The van der Waals surface area contributed by atoms with E-state index < -0.39 is 4.92 Å². The molecule has 7 heteroatoms. The van der Waals surface area contributed by atoms with E-state index >= 15 is 0 Å². The molecule has 0 spiro atoms. The molecule has 3 aromatic rings. The molecule has 0 saturated heterocycles. The van der Waals surface area contributed by atoms with Gasteiger partial charge in [-0.25, -0.2) is 0 Å². The lowest BCUT2D eigenvalue weighted by atomic mass is 10.0. The average Bonchev–Trinajstić information content (AvgIpc) is 2.70. The Labute approximate surface area is 167 Å². The summed E-state index contributed by atoms with van der Waals surface area (Å²) in [6.45, 7) is 1.62. The summed E-state index contributed by atoms with van der Waals surface area (Å²) in [5, 5.41) is 16.5. The van der Waals surface area contributed by atoms with Crippen molar-refractivity contribution in [1.29, 1.82) is 0 Å². The van der Waals surface area contributed by atoms with Crippen LogP contribution in [0, 0.1) is 17.0 Å².